The van der Waals surface area contributed by atoms with Gasteiger partial charge in [0.2, 0.25) is 5.13 Å². The van der Waals surface area contributed by atoms with Gasteiger partial charge in [-0.25, -0.2) is 4.79 Å². The lowest BCUT2D eigenvalue weighted by Crippen LogP contribution is -2.42. The fourth-order valence-corrected chi connectivity index (χ4v) is 3.76. The maximum atomic E-state index is 12.1. The first kappa shape index (κ1) is 17.8. The highest BCUT2D eigenvalue weighted by Gasteiger charge is 2.20. The van der Waals surface area contributed by atoms with Crippen molar-refractivity contribution in [2.24, 2.45) is 5.92 Å². The molecule has 1 aromatic heterocycles. The highest BCUT2D eigenvalue weighted by Crippen LogP contribution is 2.25. The Balaban J connectivity index is 1.46. The topological polar surface area (TPSA) is 90.4 Å². The predicted octanol–water partition coefficient (Wildman–Crippen LogP) is 2.03. The molecule has 2 heterocycles. The Hall–Kier alpha value is -2.03. The van der Waals surface area contributed by atoms with Crippen LogP contribution in [0.15, 0.2) is 30.3 Å². The van der Waals surface area contributed by atoms with Crippen LogP contribution in [0.2, 0.25) is 0 Å². The van der Waals surface area contributed by atoms with Crippen molar-refractivity contribution >= 4 is 22.5 Å². The number of carbonyl (C=O) groups is 1. The lowest BCUT2D eigenvalue weighted by molar-refractivity contribution is 0.139. The third-order valence-electron chi connectivity index (χ3n) is 4.24. The Labute approximate surface area is 151 Å². The Morgan fingerprint density at radius 2 is 2.16 bits per heavy atom. The Morgan fingerprint density at radius 1 is 1.32 bits per heavy atom. The molecule has 1 fully saturated rings. The van der Waals surface area contributed by atoms with Gasteiger partial charge in [-0.3, -0.25) is 5.32 Å². The Morgan fingerprint density at radius 3 is 2.96 bits per heavy atom. The van der Waals surface area contributed by atoms with Crippen LogP contribution in [-0.4, -0.2) is 59.0 Å². The molecular formula is C17H23N5O2S. The van der Waals surface area contributed by atoms with E-state index in [1.165, 1.54) is 11.3 Å². The number of nitrogens with zero attached hydrogens (tertiary/aromatic N) is 3. The fraction of sp³-hybridized carbons (Fsp3) is 0.471. The molecule has 0 spiro atoms. The minimum Gasteiger partial charge on any atom is -0.395 e. The zero-order valence-electron chi connectivity index (χ0n) is 14.0. The molecule has 8 heteroatoms. The van der Waals surface area contributed by atoms with E-state index < -0.39 is 0 Å². The second-order valence-electron chi connectivity index (χ2n) is 6.15. The second-order valence-corrected chi connectivity index (χ2v) is 7.12. The van der Waals surface area contributed by atoms with Crippen molar-refractivity contribution in [3.05, 3.63) is 30.3 Å². The van der Waals surface area contributed by atoms with Gasteiger partial charge in [0.05, 0.1) is 6.61 Å². The SMILES string of the molecule is O=C(NCC1CCCN(CCO)C1)Nc1nnc(-c2ccccc2)s1. The van der Waals surface area contributed by atoms with Gasteiger partial charge >= 0.3 is 6.03 Å². The highest BCUT2D eigenvalue weighted by molar-refractivity contribution is 7.18. The van der Waals surface area contributed by atoms with Crippen LogP contribution < -0.4 is 10.6 Å². The van der Waals surface area contributed by atoms with Gasteiger partial charge in [-0.15, -0.1) is 10.2 Å². The molecule has 0 saturated carbocycles. The molecule has 1 saturated heterocycles. The number of carbonyl (C=O) groups excluding carboxylic acids is 1. The average molecular weight is 361 g/mol. The van der Waals surface area contributed by atoms with Crippen molar-refractivity contribution in [1.29, 1.82) is 0 Å². The molecule has 1 unspecified atom stereocenters. The summed E-state index contributed by atoms with van der Waals surface area (Å²) in [7, 11) is 0. The molecule has 1 aliphatic heterocycles. The maximum absolute atomic E-state index is 12.1. The number of benzene rings is 1. The van der Waals surface area contributed by atoms with Crippen LogP contribution in [0.1, 0.15) is 12.8 Å². The van der Waals surface area contributed by atoms with E-state index in [9.17, 15) is 4.79 Å². The van der Waals surface area contributed by atoms with Crippen LogP contribution in [-0.2, 0) is 0 Å². The van der Waals surface area contributed by atoms with Gasteiger partial charge < -0.3 is 15.3 Å². The van der Waals surface area contributed by atoms with E-state index in [0.717, 1.165) is 36.5 Å². The predicted molar refractivity (Wildman–Crippen MR) is 98.6 cm³/mol. The number of nitrogens with one attached hydrogen (secondary N) is 2. The molecule has 0 aliphatic carbocycles. The normalized spacial score (nSPS) is 18.0. The van der Waals surface area contributed by atoms with Crippen LogP contribution >= 0.6 is 11.3 Å². The van der Waals surface area contributed by atoms with E-state index in [1.54, 1.807) is 0 Å². The Bertz CT molecular complexity index is 677. The third kappa shape index (κ3) is 5.22. The van der Waals surface area contributed by atoms with E-state index in [1.807, 2.05) is 30.3 Å². The summed E-state index contributed by atoms with van der Waals surface area (Å²) in [6.07, 6.45) is 2.20. The minimum absolute atomic E-state index is 0.182. The number of anilines is 1. The Kier molecular flexibility index (Phi) is 6.32. The first-order chi connectivity index (χ1) is 12.2. The fourth-order valence-electron chi connectivity index (χ4n) is 3.01. The average Bonchev–Trinajstić information content (AvgIpc) is 3.10. The number of aliphatic hydroxyl groups excluding tert-OH is 1. The molecule has 0 radical (unpaired) electrons. The summed E-state index contributed by atoms with van der Waals surface area (Å²) in [5, 5.41) is 24.1. The van der Waals surface area contributed by atoms with E-state index in [-0.39, 0.29) is 12.6 Å². The van der Waals surface area contributed by atoms with Crippen molar-refractivity contribution in [3.8, 4) is 10.6 Å². The minimum atomic E-state index is -0.255. The number of aliphatic hydroxyl groups is 1. The van der Waals surface area contributed by atoms with Gasteiger partial charge in [-0.05, 0) is 25.3 Å². The lowest BCUT2D eigenvalue weighted by Gasteiger charge is -2.32. The number of urea groups is 1. The molecule has 3 rings (SSSR count). The highest BCUT2D eigenvalue weighted by atomic mass is 32.1. The van der Waals surface area contributed by atoms with Crippen LogP contribution in [0.5, 0.6) is 0 Å². The molecule has 7 nitrogen and oxygen atoms in total. The summed E-state index contributed by atoms with van der Waals surface area (Å²) in [4.78, 5) is 14.3. The summed E-state index contributed by atoms with van der Waals surface area (Å²) in [5.41, 5.74) is 0.986. The summed E-state index contributed by atoms with van der Waals surface area (Å²) in [6, 6.07) is 9.51. The molecule has 25 heavy (non-hydrogen) atoms. The van der Waals surface area contributed by atoms with Crippen LogP contribution in [0.4, 0.5) is 9.93 Å². The standard InChI is InChI=1S/C17H23N5O2S/c23-10-9-22-8-4-5-13(12-22)11-18-16(24)19-17-21-20-15(25-17)14-6-2-1-3-7-14/h1-3,6-7,13,23H,4-5,8-12H2,(H2,18,19,21,24). The number of hydrogen-bond acceptors (Lipinski definition) is 6. The lowest BCUT2D eigenvalue weighted by atomic mass is 9.98. The zero-order chi connectivity index (χ0) is 17.5. The van der Waals surface area contributed by atoms with E-state index in [4.69, 9.17) is 5.11 Å². The van der Waals surface area contributed by atoms with Crippen molar-refractivity contribution in [2.45, 2.75) is 12.8 Å². The number of piperidine rings is 1. The van der Waals surface area contributed by atoms with Crippen LogP contribution in [0.25, 0.3) is 10.6 Å². The van der Waals surface area contributed by atoms with Crippen LogP contribution in [0, 0.1) is 5.92 Å². The molecule has 3 N–H and O–H groups in total. The summed E-state index contributed by atoms with van der Waals surface area (Å²) < 4.78 is 0. The number of hydrogen-bond donors (Lipinski definition) is 3. The number of likely N-dealkylation sites (tertiary alicyclic amines) is 1. The van der Waals surface area contributed by atoms with Gasteiger partial charge in [0.25, 0.3) is 0 Å². The zero-order valence-corrected chi connectivity index (χ0v) is 14.8. The van der Waals surface area contributed by atoms with E-state index >= 15 is 0 Å². The van der Waals surface area contributed by atoms with Gasteiger partial charge in [-0.1, -0.05) is 41.7 Å². The molecule has 1 aliphatic rings. The molecule has 2 amide bonds. The molecule has 2 aromatic rings. The van der Waals surface area contributed by atoms with Gasteiger partial charge in [0, 0.05) is 25.2 Å². The smallest absolute Gasteiger partial charge is 0.321 e. The van der Waals surface area contributed by atoms with Crippen molar-refractivity contribution in [1.82, 2.24) is 20.4 Å². The van der Waals surface area contributed by atoms with Gasteiger partial charge in [0.15, 0.2) is 0 Å². The summed E-state index contributed by atoms with van der Waals surface area (Å²) in [5.74, 6) is 0.417. The molecule has 1 atom stereocenters. The monoisotopic (exact) mass is 361 g/mol. The van der Waals surface area contributed by atoms with Crippen molar-refractivity contribution in [2.75, 3.05) is 38.1 Å². The van der Waals surface area contributed by atoms with E-state index in [0.29, 0.717) is 24.1 Å². The quantitative estimate of drug-likeness (QED) is 0.732. The first-order valence-corrected chi connectivity index (χ1v) is 9.33. The maximum Gasteiger partial charge on any atom is 0.321 e. The molecular weight excluding hydrogens is 338 g/mol. The largest absolute Gasteiger partial charge is 0.395 e. The number of aromatic nitrogens is 2. The first-order valence-electron chi connectivity index (χ1n) is 8.51. The van der Waals surface area contributed by atoms with Crippen LogP contribution in [0.3, 0.4) is 0 Å². The number of amides is 2. The summed E-state index contributed by atoms with van der Waals surface area (Å²) >= 11 is 1.35. The van der Waals surface area contributed by atoms with Crippen molar-refractivity contribution in [3.63, 3.8) is 0 Å². The van der Waals surface area contributed by atoms with E-state index in [2.05, 4.69) is 25.7 Å². The van der Waals surface area contributed by atoms with Crippen molar-refractivity contribution < 1.29 is 9.90 Å². The molecule has 1 aromatic carbocycles. The molecule has 134 valence electrons. The molecule has 0 bridgehead atoms. The number of rotatable bonds is 6. The number of β-amino-alcohol motifs (C(OH)–C–C–N with tert-alkyl or cyclic N) is 1. The third-order valence-corrected chi connectivity index (χ3v) is 5.12. The summed E-state index contributed by atoms with van der Waals surface area (Å²) in [6.45, 7) is 3.45. The van der Waals surface area contributed by atoms with Gasteiger partial charge in [-0.2, -0.15) is 0 Å². The second kappa shape index (κ2) is 8.89. The van der Waals surface area contributed by atoms with Gasteiger partial charge in [0.1, 0.15) is 5.01 Å².